The van der Waals surface area contributed by atoms with Crippen molar-refractivity contribution in [1.29, 1.82) is 0 Å². The van der Waals surface area contributed by atoms with Crippen molar-refractivity contribution in [3.8, 4) is 0 Å². The Kier molecular flexibility index (Phi) is 6.00. The van der Waals surface area contributed by atoms with Crippen molar-refractivity contribution in [1.82, 2.24) is 5.32 Å². The van der Waals surface area contributed by atoms with Crippen molar-refractivity contribution in [3.05, 3.63) is 83.7 Å². The monoisotopic (exact) mass is 431 g/mol. The predicted molar refractivity (Wildman–Crippen MR) is 110 cm³/mol. The second kappa shape index (κ2) is 8.63. The van der Waals surface area contributed by atoms with Crippen LogP contribution < -0.4 is 5.32 Å². The smallest absolute Gasteiger partial charge is 0.288 e. The number of carbonyl (C=O) groups excluding carboxylic acids is 1. The number of halogens is 1. The SMILES string of the molecule is O=C1N/C(=N\N=C/c2cccc([N+](=O)[O-])c2)S/C1=C\c1ccc(Cl)c([N+](=O)[O-])c1. The van der Waals surface area contributed by atoms with Gasteiger partial charge in [0.15, 0.2) is 5.17 Å². The van der Waals surface area contributed by atoms with E-state index >= 15 is 0 Å². The van der Waals surface area contributed by atoms with E-state index in [4.69, 9.17) is 11.6 Å². The Bertz CT molecular complexity index is 1120. The second-order valence-corrected chi connectivity index (χ2v) is 6.97. The molecule has 1 saturated heterocycles. The van der Waals surface area contributed by atoms with Crippen LogP contribution in [0.1, 0.15) is 11.1 Å². The standard InChI is InChI=1S/C17H10ClN5O5S/c18-13-5-4-10(7-14(13)23(27)28)8-15-16(24)20-17(29-15)21-19-9-11-2-1-3-12(6-11)22(25)26/h1-9H,(H,20,21,24)/b15-8-,19-9-. The van der Waals surface area contributed by atoms with Crippen LogP contribution in [0.4, 0.5) is 11.4 Å². The molecule has 2 aromatic rings. The predicted octanol–water partition coefficient (Wildman–Crippen LogP) is 3.75. The van der Waals surface area contributed by atoms with Gasteiger partial charge in [0.05, 0.1) is 21.0 Å². The van der Waals surface area contributed by atoms with Crippen LogP contribution in [0.15, 0.2) is 57.6 Å². The Morgan fingerprint density at radius 3 is 2.59 bits per heavy atom. The summed E-state index contributed by atoms with van der Waals surface area (Å²) < 4.78 is 0. The molecule has 10 nitrogen and oxygen atoms in total. The van der Waals surface area contributed by atoms with Gasteiger partial charge in [-0.15, -0.1) is 5.10 Å². The summed E-state index contributed by atoms with van der Waals surface area (Å²) >= 11 is 6.78. The Balaban J connectivity index is 1.75. The van der Waals surface area contributed by atoms with E-state index in [-0.39, 0.29) is 26.5 Å². The quantitative estimate of drug-likeness (QED) is 0.331. The third-order valence-electron chi connectivity index (χ3n) is 3.55. The minimum atomic E-state index is -0.609. The molecule has 1 aliphatic rings. The van der Waals surface area contributed by atoms with E-state index in [1.54, 1.807) is 12.1 Å². The highest BCUT2D eigenvalue weighted by Gasteiger charge is 2.24. The van der Waals surface area contributed by atoms with Gasteiger partial charge < -0.3 is 0 Å². The average Bonchev–Trinajstić information content (AvgIpc) is 3.02. The van der Waals surface area contributed by atoms with E-state index in [1.807, 2.05) is 0 Å². The lowest BCUT2D eigenvalue weighted by Gasteiger charge is -1.98. The molecule has 0 spiro atoms. The zero-order valence-corrected chi connectivity index (χ0v) is 15.9. The van der Waals surface area contributed by atoms with Crippen LogP contribution >= 0.6 is 23.4 Å². The van der Waals surface area contributed by atoms with Gasteiger partial charge >= 0.3 is 0 Å². The van der Waals surface area contributed by atoms with Gasteiger partial charge in [-0.3, -0.25) is 30.3 Å². The number of amidine groups is 1. The summed E-state index contributed by atoms with van der Waals surface area (Å²) in [4.78, 5) is 32.9. The number of hydrogen-bond acceptors (Lipinski definition) is 8. The number of benzene rings is 2. The first-order chi connectivity index (χ1) is 13.8. The fourth-order valence-corrected chi connectivity index (χ4v) is 3.22. The summed E-state index contributed by atoms with van der Waals surface area (Å²) in [7, 11) is 0. The highest BCUT2D eigenvalue weighted by Crippen LogP contribution is 2.30. The molecule has 1 N–H and O–H groups in total. The molecule has 1 heterocycles. The van der Waals surface area contributed by atoms with Crippen molar-refractivity contribution >= 4 is 58.1 Å². The van der Waals surface area contributed by atoms with Gasteiger partial charge in [-0.05, 0) is 29.5 Å². The molecule has 3 rings (SSSR count). The van der Waals surface area contributed by atoms with Gasteiger partial charge in [0, 0.05) is 23.8 Å². The lowest BCUT2D eigenvalue weighted by atomic mass is 10.2. The van der Waals surface area contributed by atoms with Crippen molar-refractivity contribution < 1.29 is 14.6 Å². The number of hydrogen-bond donors (Lipinski definition) is 1. The Hall–Kier alpha value is -3.57. The fraction of sp³-hybridized carbons (Fsp3) is 0. The van der Waals surface area contributed by atoms with Gasteiger partial charge in [0.1, 0.15) is 5.02 Å². The number of nitro benzene ring substituents is 2. The van der Waals surface area contributed by atoms with Crippen molar-refractivity contribution in [2.24, 2.45) is 10.2 Å². The first-order valence-corrected chi connectivity index (χ1v) is 9.03. The molecule has 12 heteroatoms. The van der Waals surface area contributed by atoms with Crippen molar-refractivity contribution in [3.63, 3.8) is 0 Å². The fourth-order valence-electron chi connectivity index (χ4n) is 2.25. The molecule has 2 aromatic carbocycles. The first kappa shape index (κ1) is 20.2. The van der Waals surface area contributed by atoms with Crippen LogP contribution in [-0.2, 0) is 4.79 Å². The lowest BCUT2D eigenvalue weighted by molar-refractivity contribution is -0.385. The normalized spacial score (nSPS) is 16.5. The van der Waals surface area contributed by atoms with E-state index in [2.05, 4.69) is 15.5 Å². The van der Waals surface area contributed by atoms with Crippen LogP contribution in [0, 0.1) is 20.2 Å². The topological polar surface area (TPSA) is 140 Å². The molecule has 0 aliphatic carbocycles. The van der Waals surface area contributed by atoms with E-state index in [1.165, 1.54) is 42.6 Å². The van der Waals surface area contributed by atoms with E-state index in [0.717, 1.165) is 11.8 Å². The summed E-state index contributed by atoms with van der Waals surface area (Å²) in [6.45, 7) is 0. The number of rotatable bonds is 5. The molecule has 1 amide bonds. The third kappa shape index (κ3) is 5.03. The molecule has 146 valence electrons. The molecule has 0 saturated carbocycles. The van der Waals surface area contributed by atoms with E-state index in [9.17, 15) is 25.0 Å². The largest absolute Gasteiger partial charge is 0.299 e. The number of thioether (sulfide) groups is 1. The van der Waals surface area contributed by atoms with Gasteiger partial charge in [-0.2, -0.15) is 5.10 Å². The second-order valence-electron chi connectivity index (χ2n) is 5.53. The molecule has 1 fully saturated rings. The Labute approximate surface area is 172 Å². The summed E-state index contributed by atoms with van der Waals surface area (Å²) in [6.07, 6.45) is 2.78. The van der Waals surface area contributed by atoms with Crippen molar-refractivity contribution in [2.45, 2.75) is 0 Å². The number of amides is 1. The minimum absolute atomic E-state index is 0.00147. The van der Waals surface area contributed by atoms with Crippen LogP contribution in [0.25, 0.3) is 6.08 Å². The van der Waals surface area contributed by atoms with E-state index < -0.39 is 15.8 Å². The van der Waals surface area contributed by atoms with Gasteiger partial charge in [0.25, 0.3) is 17.3 Å². The number of nitrogens with one attached hydrogen (secondary N) is 1. The molecule has 0 aromatic heterocycles. The maximum Gasteiger partial charge on any atom is 0.288 e. The summed E-state index contributed by atoms with van der Waals surface area (Å²) in [5.41, 5.74) is 0.564. The Morgan fingerprint density at radius 2 is 1.86 bits per heavy atom. The maximum atomic E-state index is 12.1. The Morgan fingerprint density at radius 1 is 1.07 bits per heavy atom. The summed E-state index contributed by atoms with van der Waals surface area (Å²) in [6, 6.07) is 10.0. The van der Waals surface area contributed by atoms with Crippen LogP contribution in [0.2, 0.25) is 5.02 Å². The maximum absolute atomic E-state index is 12.1. The molecule has 29 heavy (non-hydrogen) atoms. The zero-order chi connectivity index (χ0) is 21.0. The summed E-state index contributed by atoms with van der Waals surface area (Å²) in [5.74, 6) is -0.433. The average molecular weight is 432 g/mol. The number of carbonyl (C=O) groups is 1. The lowest BCUT2D eigenvalue weighted by Crippen LogP contribution is -2.19. The molecule has 1 aliphatic heterocycles. The van der Waals surface area contributed by atoms with E-state index in [0.29, 0.717) is 11.1 Å². The third-order valence-corrected chi connectivity index (χ3v) is 4.77. The number of nitrogens with zero attached hydrogens (tertiary/aromatic N) is 4. The molecule has 0 atom stereocenters. The van der Waals surface area contributed by atoms with Gasteiger partial charge in [-0.25, -0.2) is 0 Å². The van der Waals surface area contributed by atoms with Gasteiger partial charge in [-0.1, -0.05) is 29.8 Å². The number of nitro groups is 2. The molecule has 0 unspecified atom stereocenters. The molecule has 0 radical (unpaired) electrons. The summed E-state index contributed by atoms with van der Waals surface area (Å²) in [5, 5.41) is 32.1. The van der Waals surface area contributed by atoms with Crippen LogP contribution in [0.3, 0.4) is 0 Å². The van der Waals surface area contributed by atoms with Crippen LogP contribution in [-0.4, -0.2) is 27.1 Å². The highest BCUT2D eigenvalue weighted by molar-refractivity contribution is 8.18. The molecule has 0 bridgehead atoms. The zero-order valence-electron chi connectivity index (χ0n) is 14.3. The van der Waals surface area contributed by atoms with Crippen LogP contribution in [0.5, 0.6) is 0 Å². The first-order valence-electron chi connectivity index (χ1n) is 7.84. The minimum Gasteiger partial charge on any atom is -0.299 e. The molecular formula is C17H10ClN5O5S. The molecular weight excluding hydrogens is 422 g/mol. The van der Waals surface area contributed by atoms with Crippen molar-refractivity contribution in [2.75, 3.05) is 0 Å². The van der Waals surface area contributed by atoms with Gasteiger partial charge in [0.2, 0.25) is 0 Å². The number of non-ortho nitro benzene ring substituents is 1. The highest BCUT2D eigenvalue weighted by atomic mass is 35.5.